The Labute approximate surface area is 172 Å². The minimum atomic E-state index is -0.978. The molecule has 6 nitrogen and oxygen atoms in total. The molecular formula is C23H18FN3O3. The van der Waals surface area contributed by atoms with Crippen molar-refractivity contribution in [3.63, 3.8) is 0 Å². The first-order valence-electron chi connectivity index (χ1n) is 9.24. The minimum Gasteiger partial charge on any atom is -0.496 e. The molecule has 1 aromatic heterocycles. The molecule has 0 aliphatic carbocycles. The van der Waals surface area contributed by atoms with Gasteiger partial charge in [-0.2, -0.15) is 0 Å². The van der Waals surface area contributed by atoms with Gasteiger partial charge in [0.1, 0.15) is 17.6 Å². The molecule has 0 spiro atoms. The van der Waals surface area contributed by atoms with Crippen molar-refractivity contribution in [2.24, 2.45) is 0 Å². The number of halogens is 1. The van der Waals surface area contributed by atoms with Crippen LogP contribution in [-0.4, -0.2) is 23.2 Å². The molecule has 0 aliphatic heterocycles. The predicted molar refractivity (Wildman–Crippen MR) is 108 cm³/mol. The van der Waals surface area contributed by atoms with Crippen molar-refractivity contribution in [3.05, 3.63) is 102 Å². The Hall–Kier alpha value is -4.00. The van der Waals surface area contributed by atoms with Gasteiger partial charge in [-0.25, -0.2) is 4.39 Å². The Balaban J connectivity index is 1.72. The van der Waals surface area contributed by atoms with Crippen molar-refractivity contribution in [2.75, 3.05) is 7.11 Å². The summed E-state index contributed by atoms with van der Waals surface area (Å²) in [6.07, 6.45) is 0. The highest BCUT2D eigenvalue weighted by molar-refractivity contribution is 5.97. The molecule has 4 aromatic rings. The minimum absolute atomic E-state index is 0.0715. The van der Waals surface area contributed by atoms with E-state index in [4.69, 9.17) is 9.15 Å². The fraction of sp³-hybridized carbons (Fsp3) is 0.0870. The van der Waals surface area contributed by atoms with Crippen LogP contribution in [-0.2, 0) is 0 Å². The number of methoxy groups -OCH3 is 1. The van der Waals surface area contributed by atoms with Gasteiger partial charge in [0.15, 0.2) is 0 Å². The number of nitrogens with one attached hydrogen (secondary N) is 1. The number of nitrogens with zero attached hydrogens (tertiary/aromatic N) is 2. The van der Waals surface area contributed by atoms with Crippen molar-refractivity contribution in [1.82, 2.24) is 15.5 Å². The van der Waals surface area contributed by atoms with Crippen molar-refractivity contribution in [2.45, 2.75) is 6.04 Å². The van der Waals surface area contributed by atoms with Gasteiger partial charge in [-0.1, -0.05) is 48.5 Å². The van der Waals surface area contributed by atoms with Gasteiger partial charge in [-0.15, -0.1) is 10.2 Å². The summed E-state index contributed by atoms with van der Waals surface area (Å²) in [4.78, 5) is 13.0. The fourth-order valence-electron chi connectivity index (χ4n) is 3.07. The number of rotatable bonds is 6. The lowest BCUT2D eigenvalue weighted by atomic mass is 10.1. The second-order valence-electron chi connectivity index (χ2n) is 6.44. The summed E-state index contributed by atoms with van der Waals surface area (Å²) in [5.41, 5.74) is 1.24. The molecule has 0 fully saturated rings. The summed E-state index contributed by atoms with van der Waals surface area (Å²) in [5, 5.41) is 10.9. The van der Waals surface area contributed by atoms with Gasteiger partial charge >= 0.3 is 0 Å². The number of carbonyl (C=O) groups is 1. The summed E-state index contributed by atoms with van der Waals surface area (Å²) in [6, 6.07) is 21.1. The van der Waals surface area contributed by atoms with E-state index in [9.17, 15) is 9.18 Å². The van der Waals surface area contributed by atoms with Crippen LogP contribution < -0.4 is 10.1 Å². The number of aromatic nitrogens is 2. The SMILES string of the molecule is COc1ccccc1C(=O)N[C@@H](c1nnc(-c2ccccc2)o1)c1ccccc1F. The van der Waals surface area contributed by atoms with Gasteiger partial charge < -0.3 is 14.5 Å². The Morgan fingerprint density at radius 2 is 1.67 bits per heavy atom. The molecule has 150 valence electrons. The molecular weight excluding hydrogens is 385 g/mol. The maximum absolute atomic E-state index is 14.6. The first-order chi connectivity index (χ1) is 14.7. The molecule has 1 heterocycles. The van der Waals surface area contributed by atoms with Crippen LogP contribution in [0.2, 0.25) is 0 Å². The summed E-state index contributed by atoms with van der Waals surface area (Å²) < 4.78 is 25.6. The summed E-state index contributed by atoms with van der Waals surface area (Å²) in [7, 11) is 1.48. The fourth-order valence-corrected chi connectivity index (χ4v) is 3.07. The van der Waals surface area contributed by atoms with Gasteiger partial charge in [0.25, 0.3) is 5.91 Å². The lowest BCUT2D eigenvalue weighted by Gasteiger charge is -2.17. The van der Waals surface area contributed by atoms with Crippen molar-refractivity contribution < 1.29 is 18.3 Å². The third-order valence-electron chi connectivity index (χ3n) is 4.55. The molecule has 1 N–H and O–H groups in total. The maximum Gasteiger partial charge on any atom is 0.255 e. The molecule has 7 heteroatoms. The molecule has 1 amide bonds. The van der Waals surface area contributed by atoms with Crippen LogP contribution in [0.15, 0.2) is 83.3 Å². The third-order valence-corrected chi connectivity index (χ3v) is 4.55. The summed E-state index contributed by atoms with van der Waals surface area (Å²) in [6.45, 7) is 0. The van der Waals surface area contributed by atoms with E-state index in [0.717, 1.165) is 5.56 Å². The van der Waals surface area contributed by atoms with Gasteiger partial charge in [0.2, 0.25) is 11.8 Å². The van der Waals surface area contributed by atoms with Crippen LogP contribution in [0.25, 0.3) is 11.5 Å². The predicted octanol–water partition coefficient (Wildman–Crippen LogP) is 4.40. The van der Waals surface area contributed by atoms with Crippen molar-refractivity contribution >= 4 is 5.91 Å². The molecule has 0 unspecified atom stereocenters. The largest absolute Gasteiger partial charge is 0.496 e. The summed E-state index contributed by atoms with van der Waals surface area (Å²) >= 11 is 0. The third kappa shape index (κ3) is 3.91. The van der Waals surface area contributed by atoms with E-state index in [1.165, 1.54) is 13.2 Å². The smallest absolute Gasteiger partial charge is 0.255 e. The van der Waals surface area contributed by atoms with E-state index in [2.05, 4.69) is 15.5 Å². The first kappa shape index (κ1) is 19.3. The molecule has 0 radical (unpaired) electrons. The topological polar surface area (TPSA) is 77.2 Å². The van der Waals surface area contributed by atoms with Gasteiger partial charge in [-0.3, -0.25) is 4.79 Å². The van der Waals surface area contributed by atoms with E-state index in [0.29, 0.717) is 11.3 Å². The zero-order chi connectivity index (χ0) is 20.9. The number of hydrogen-bond acceptors (Lipinski definition) is 5. The van der Waals surface area contributed by atoms with Crippen molar-refractivity contribution in [3.8, 4) is 17.2 Å². The zero-order valence-electron chi connectivity index (χ0n) is 16.1. The highest BCUT2D eigenvalue weighted by Gasteiger charge is 2.27. The Morgan fingerprint density at radius 3 is 2.43 bits per heavy atom. The van der Waals surface area contributed by atoms with Crippen LogP contribution >= 0.6 is 0 Å². The number of benzene rings is 3. The average Bonchev–Trinajstić information content (AvgIpc) is 3.28. The number of ether oxygens (including phenoxy) is 1. The van der Waals surface area contributed by atoms with E-state index in [-0.39, 0.29) is 17.3 Å². The number of amides is 1. The van der Waals surface area contributed by atoms with Gasteiger partial charge in [0, 0.05) is 11.1 Å². The molecule has 1 atom stereocenters. The molecule has 30 heavy (non-hydrogen) atoms. The van der Waals surface area contributed by atoms with Gasteiger partial charge in [0.05, 0.1) is 12.7 Å². The van der Waals surface area contributed by atoms with Crippen LogP contribution in [0.5, 0.6) is 5.75 Å². The standard InChI is InChI=1S/C23H18FN3O3/c1-29-19-14-8-6-12-17(19)21(28)25-20(16-11-5-7-13-18(16)24)23-27-26-22(30-23)15-9-3-2-4-10-15/h2-14,20H,1H3,(H,25,28)/t20-/m1/s1. The second kappa shape index (κ2) is 8.57. The van der Waals surface area contributed by atoms with Gasteiger partial charge in [-0.05, 0) is 30.3 Å². The summed E-state index contributed by atoms with van der Waals surface area (Å²) in [5.74, 6) is -0.207. The Morgan fingerprint density at radius 1 is 0.967 bits per heavy atom. The average molecular weight is 403 g/mol. The second-order valence-corrected chi connectivity index (χ2v) is 6.44. The molecule has 4 rings (SSSR count). The lowest BCUT2D eigenvalue weighted by Crippen LogP contribution is -2.30. The zero-order valence-corrected chi connectivity index (χ0v) is 16.1. The van der Waals surface area contributed by atoms with Crippen LogP contribution in [0.4, 0.5) is 4.39 Å². The number of carbonyl (C=O) groups excluding carboxylic acids is 1. The molecule has 0 saturated heterocycles. The van der Waals surface area contributed by atoms with E-state index >= 15 is 0 Å². The van der Waals surface area contributed by atoms with E-state index < -0.39 is 17.8 Å². The number of para-hydroxylation sites is 1. The van der Waals surface area contributed by atoms with Crippen LogP contribution in [0.1, 0.15) is 27.9 Å². The lowest BCUT2D eigenvalue weighted by molar-refractivity contribution is 0.0934. The highest BCUT2D eigenvalue weighted by Crippen LogP contribution is 2.28. The van der Waals surface area contributed by atoms with Crippen LogP contribution in [0.3, 0.4) is 0 Å². The number of hydrogen-bond donors (Lipinski definition) is 1. The molecule has 3 aromatic carbocycles. The van der Waals surface area contributed by atoms with Crippen molar-refractivity contribution in [1.29, 1.82) is 0 Å². The quantitative estimate of drug-likeness (QED) is 0.516. The monoisotopic (exact) mass is 403 g/mol. The van der Waals surface area contributed by atoms with Crippen LogP contribution in [0, 0.1) is 5.82 Å². The van der Waals surface area contributed by atoms with E-state index in [1.807, 2.05) is 30.3 Å². The normalized spacial score (nSPS) is 11.7. The maximum atomic E-state index is 14.6. The Bertz CT molecular complexity index is 1160. The molecule has 0 saturated carbocycles. The highest BCUT2D eigenvalue weighted by atomic mass is 19.1. The first-order valence-corrected chi connectivity index (χ1v) is 9.24. The molecule has 0 bridgehead atoms. The molecule has 0 aliphatic rings. The Kier molecular flexibility index (Phi) is 5.52. The van der Waals surface area contributed by atoms with E-state index in [1.54, 1.807) is 42.5 Å².